The second kappa shape index (κ2) is 5.30. The monoisotopic (exact) mass is 261 g/mol. The normalized spacial score (nSPS) is 13.8. The van der Waals surface area contributed by atoms with Gasteiger partial charge in [-0.3, -0.25) is 9.59 Å². The molecule has 1 aliphatic rings. The van der Waals surface area contributed by atoms with Crippen LogP contribution < -0.4 is 15.5 Å². The van der Waals surface area contributed by atoms with Gasteiger partial charge in [-0.15, -0.1) is 0 Å². The topological polar surface area (TPSA) is 61.4 Å². The summed E-state index contributed by atoms with van der Waals surface area (Å²) in [5.74, 6) is -0.232. The highest BCUT2D eigenvalue weighted by molar-refractivity contribution is 6.02. The minimum absolute atomic E-state index is 0.0848. The molecule has 0 heterocycles. The molecule has 1 fully saturated rings. The first-order valence-electron chi connectivity index (χ1n) is 6.37. The average molecular weight is 261 g/mol. The molecule has 5 heteroatoms. The fourth-order valence-electron chi connectivity index (χ4n) is 1.88. The largest absolute Gasteiger partial charge is 0.377 e. The molecule has 5 nitrogen and oxygen atoms in total. The van der Waals surface area contributed by atoms with Crippen LogP contribution in [0.15, 0.2) is 18.2 Å². The zero-order valence-electron chi connectivity index (χ0n) is 11.5. The Morgan fingerprint density at radius 3 is 2.47 bits per heavy atom. The third kappa shape index (κ3) is 3.47. The second-order valence-corrected chi connectivity index (χ2v) is 5.06. The van der Waals surface area contributed by atoms with Crippen LogP contribution >= 0.6 is 0 Å². The van der Waals surface area contributed by atoms with E-state index in [0.29, 0.717) is 17.3 Å². The van der Waals surface area contributed by atoms with Crippen molar-refractivity contribution in [3.8, 4) is 0 Å². The number of carbonyl (C=O) groups is 2. The molecule has 0 spiro atoms. The number of benzene rings is 1. The van der Waals surface area contributed by atoms with Gasteiger partial charge in [0.2, 0.25) is 5.91 Å². The van der Waals surface area contributed by atoms with Crippen molar-refractivity contribution in [1.29, 1.82) is 0 Å². The zero-order chi connectivity index (χ0) is 14.0. The van der Waals surface area contributed by atoms with E-state index in [9.17, 15) is 9.59 Å². The molecule has 0 unspecified atom stereocenters. The summed E-state index contributed by atoms with van der Waals surface area (Å²) >= 11 is 0. The summed E-state index contributed by atoms with van der Waals surface area (Å²) in [6, 6.07) is 5.67. The molecule has 102 valence electrons. The Kier molecular flexibility index (Phi) is 3.74. The van der Waals surface area contributed by atoms with E-state index in [1.54, 1.807) is 12.1 Å². The first-order chi connectivity index (χ1) is 8.97. The van der Waals surface area contributed by atoms with Gasteiger partial charge < -0.3 is 15.5 Å². The average Bonchev–Trinajstić information content (AvgIpc) is 3.11. The standard InChI is InChI=1S/C14H19N3O2/c1-9(18)15-11-6-7-13(17(2)3)12(8-11)14(19)16-10-4-5-10/h6-8,10H,4-5H2,1-3H3,(H,15,18)(H,16,19). The van der Waals surface area contributed by atoms with Crippen molar-refractivity contribution in [3.05, 3.63) is 23.8 Å². The predicted octanol–water partition coefficient (Wildman–Crippen LogP) is 1.60. The van der Waals surface area contributed by atoms with Crippen LogP contribution in [0.25, 0.3) is 0 Å². The zero-order valence-corrected chi connectivity index (χ0v) is 11.5. The van der Waals surface area contributed by atoms with Crippen molar-refractivity contribution >= 4 is 23.2 Å². The summed E-state index contributed by atoms with van der Waals surface area (Å²) in [6.45, 7) is 1.45. The number of hydrogen-bond acceptors (Lipinski definition) is 3. The molecule has 2 amide bonds. The van der Waals surface area contributed by atoms with Crippen LogP contribution in [0, 0.1) is 0 Å². The summed E-state index contributed by atoms with van der Waals surface area (Å²) in [5, 5.41) is 5.67. The van der Waals surface area contributed by atoms with E-state index >= 15 is 0 Å². The van der Waals surface area contributed by atoms with E-state index in [1.807, 2.05) is 25.1 Å². The van der Waals surface area contributed by atoms with Gasteiger partial charge in [0.1, 0.15) is 0 Å². The minimum Gasteiger partial charge on any atom is -0.377 e. The molecule has 0 atom stereocenters. The quantitative estimate of drug-likeness (QED) is 0.865. The molecule has 19 heavy (non-hydrogen) atoms. The van der Waals surface area contributed by atoms with Crippen molar-refractivity contribution in [2.45, 2.75) is 25.8 Å². The Bertz CT molecular complexity index is 507. The summed E-state index contributed by atoms with van der Waals surface area (Å²) in [4.78, 5) is 25.2. The number of hydrogen-bond donors (Lipinski definition) is 2. The number of carbonyl (C=O) groups excluding carboxylic acids is 2. The molecule has 0 aromatic heterocycles. The molecule has 1 aromatic rings. The van der Waals surface area contributed by atoms with Crippen molar-refractivity contribution in [2.24, 2.45) is 0 Å². The lowest BCUT2D eigenvalue weighted by Gasteiger charge is -2.18. The van der Waals surface area contributed by atoms with Gasteiger partial charge in [0.25, 0.3) is 5.91 Å². The third-order valence-electron chi connectivity index (χ3n) is 2.96. The maximum atomic E-state index is 12.2. The van der Waals surface area contributed by atoms with Gasteiger partial charge in [0.15, 0.2) is 0 Å². The Morgan fingerprint density at radius 1 is 1.26 bits per heavy atom. The van der Waals surface area contributed by atoms with E-state index in [4.69, 9.17) is 0 Å². The first kappa shape index (κ1) is 13.4. The number of nitrogens with one attached hydrogen (secondary N) is 2. The van der Waals surface area contributed by atoms with Crippen LogP contribution in [0.4, 0.5) is 11.4 Å². The van der Waals surface area contributed by atoms with Gasteiger partial charge in [0.05, 0.1) is 5.56 Å². The van der Waals surface area contributed by atoms with Crippen LogP contribution in [0.5, 0.6) is 0 Å². The van der Waals surface area contributed by atoms with Gasteiger partial charge in [-0.1, -0.05) is 0 Å². The third-order valence-corrected chi connectivity index (χ3v) is 2.96. The Labute approximate surface area is 113 Å². The molecule has 1 saturated carbocycles. The highest BCUT2D eigenvalue weighted by Crippen LogP contribution is 2.25. The predicted molar refractivity (Wildman–Crippen MR) is 75.6 cm³/mol. The van der Waals surface area contributed by atoms with E-state index in [2.05, 4.69) is 10.6 Å². The van der Waals surface area contributed by atoms with Gasteiger partial charge in [0, 0.05) is 38.4 Å². The highest BCUT2D eigenvalue weighted by Gasteiger charge is 2.25. The Hall–Kier alpha value is -2.04. The van der Waals surface area contributed by atoms with Crippen molar-refractivity contribution in [1.82, 2.24) is 5.32 Å². The fourth-order valence-corrected chi connectivity index (χ4v) is 1.88. The summed E-state index contributed by atoms with van der Waals surface area (Å²) in [5.41, 5.74) is 2.06. The molecule has 0 radical (unpaired) electrons. The number of amides is 2. The summed E-state index contributed by atoms with van der Waals surface area (Å²) in [6.07, 6.45) is 2.10. The summed E-state index contributed by atoms with van der Waals surface area (Å²) < 4.78 is 0. The number of nitrogens with zero attached hydrogens (tertiary/aromatic N) is 1. The van der Waals surface area contributed by atoms with Crippen LogP contribution in [-0.4, -0.2) is 32.0 Å². The van der Waals surface area contributed by atoms with Gasteiger partial charge >= 0.3 is 0 Å². The number of rotatable bonds is 4. The first-order valence-corrected chi connectivity index (χ1v) is 6.37. The van der Waals surface area contributed by atoms with Crippen LogP contribution in [0.2, 0.25) is 0 Å². The lowest BCUT2D eigenvalue weighted by Crippen LogP contribution is -2.27. The minimum atomic E-state index is -0.147. The van der Waals surface area contributed by atoms with E-state index in [-0.39, 0.29) is 11.8 Å². The van der Waals surface area contributed by atoms with Crippen molar-refractivity contribution in [2.75, 3.05) is 24.3 Å². The second-order valence-electron chi connectivity index (χ2n) is 5.06. The maximum absolute atomic E-state index is 12.2. The fraction of sp³-hybridized carbons (Fsp3) is 0.429. The smallest absolute Gasteiger partial charge is 0.253 e. The van der Waals surface area contributed by atoms with E-state index in [1.165, 1.54) is 6.92 Å². The van der Waals surface area contributed by atoms with Gasteiger partial charge in [-0.05, 0) is 31.0 Å². The molecule has 1 aromatic carbocycles. The Balaban J connectivity index is 2.28. The van der Waals surface area contributed by atoms with E-state index in [0.717, 1.165) is 18.5 Å². The van der Waals surface area contributed by atoms with Gasteiger partial charge in [-0.2, -0.15) is 0 Å². The van der Waals surface area contributed by atoms with Gasteiger partial charge in [-0.25, -0.2) is 0 Å². The molecule has 0 aliphatic heterocycles. The molecule has 0 saturated heterocycles. The molecule has 2 N–H and O–H groups in total. The van der Waals surface area contributed by atoms with Crippen molar-refractivity contribution < 1.29 is 9.59 Å². The van der Waals surface area contributed by atoms with Crippen LogP contribution in [-0.2, 0) is 4.79 Å². The Morgan fingerprint density at radius 2 is 1.95 bits per heavy atom. The molecular formula is C14H19N3O2. The maximum Gasteiger partial charge on any atom is 0.253 e. The van der Waals surface area contributed by atoms with Crippen LogP contribution in [0.1, 0.15) is 30.1 Å². The summed E-state index contributed by atoms with van der Waals surface area (Å²) in [7, 11) is 3.78. The van der Waals surface area contributed by atoms with Crippen LogP contribution in [0.3, 0.4) is 0 Å². The molecule has 0 bridgehead atoms. The lowest BCUT2D eigenvalue weighted by molar-refractivity contribution is -0.114. The molecule has 1 aliphatic carbocycles. The molecule has 2 rings (SSSR count). The van der Waals surface area contributed by atoms with Crippen molar-refractivity contribution in [3.63, 3.8) is 0 Å². The van der Waals surface area contributed by atoms with E-state index < -0.39 is 0 Å². The lowest BCUT2D eigenvalue weighted by atomic mass is 10.1. The SMILES string of the molecule is CC(=O)Nc1ccc(N(C)C)c(C(=O)NC2CC2)c1. The highest BCUT2D eigenvalue weighted by atomic mass is 16.2. The number of anilines is 2. The molecular weight excluding hydrogens is 242 g/mol.